The van der Waals surface area contributed by atoms with E-state index in [1.807, 2.05) is 0 Å². The zero-order valence-electron chi connectivity index (χ0n) is 5.24. The molecule has 0 unspecified atom stereocenters. The van der Waals surface area contributed by atoms with Gasteiger partial charge in [-0.3, -0.25) is 0 Å². The minimum atomic E-state index is -0.238. The number of nitriles is 2. The molecule has 1 aliphatic rings. The third kappa shape index (κ3) is 1.12. The molecule has 0 aliphatic carbocycles. The van der Waals surface area contributed by atoms with Crippen molar-refractivity contribution in [3.63, 3.8) is 0 Å². The molecule has 0 fully saturated rings. The lowest BCUT2D eigenvalue weighted by atomic mass is 10.3. The van der Waals surface area contributed by atoms with Crippen molar-refractivity contribution in [2.45, 2.75) is 0 Å². The van der Waals surface area contributed by atoms with Crippen LogP contribution in [0, 0.1) is 22.7 Å². The van der Waals surface area contributed by atoms with Crippen LogP contribution in [-0.4, -0.2) is 11.4 Å². The van der Waals surface area contributed by atoms with Crippen LogP contribution in [-0.2, 0) is 0 Å². The van der Waals surface area contributed by atoms with Crippen LogP contribution < -0.4 is 0 Å². The van der Waals surface area contributed by atoms with Gasteiger partial charge in [-0.25, -0.2) is 14.4 Å². The quantitative estimate of drug-likeness (QED) is 0.507. The van der Waals surface area contributed by atoms with E-state index in [0.29, 0.717) is 0 Å². The predicted molar refractivity (Wildman–Crippen MR) is 35.3 cm³/mol. The van der Waals surface area contributed by atoms with Crippen molar-refractivity contribution in [3.8, 4) is 12.1 Å². The molecular weight excluding hydrogens is 147 g/mol. The highest BCUT2D eigenvalue weighted by Crippen LogP contribution is 2.08. The van der Waals surface area contributed by atoms with Crippen molar-refractivity contribution in [2.24, 2.45) is 9.98 Å². The molecule has 0 saturated carbocycles. The van der Waals surface area contributed by atoms with Gasteiger partial charge >= 0.3 is 0 Å². The Morgan fingerprint density at radius 2 is 1.64 bits per heavy atom. The lowest BCUT2D eigenvalue weighted by Gasteiger charge is -1.75. The molecule has 1 rings (SSSR count). The largest absolute Gasteiger partial charge is 0.212 e. The maximum atomic E-state index is 11.7. The van der Waals surface area contributed by atoms with Crippen molar-refractivity contribution in [1.82, 2.24) is 0 Å². The Labute approximate surface area is 61.6 Å². The summed E-state index contributed by atoms with van der Waals surface area (Å²) in [6.07, 6.45) is 0.141. The summed E-state index contributed by atoms with van der Waals surface area (Å²) in [6.45, 7) is 0. The number of aliphatic imine (C=N–C) groups is 2. The summed E-state index contributed by atoms with van der Waals surface area (Å²) in [5, 5.41) is 16.6. The molecule has 1 heterocycles. The van der Waals surface area contributed by atoms with E-state index in [0.717, 1.165) is 0 Å². The lowest BCUT2D eigenvalue weighted by molar-refractivity contribution is 0.706. The number of rotatable bonds is 0. The smallest absolute Gasteiger partial charge is 0.183 e. The molecule has 52 valence electrons. The Balaban J connectivity index is 3.13. The maximum Gasteiger partial charge on any atom is 0.183 e. The van der Waals surface area contributed by atoms with Gasteiger partial charge in [0.2, 0.25) is 0 Å². The van der Waals surface area contributed by atoms with Crippen molar-refractivity contribution in [3.05, 3.63) is 12.2 Å². The number of hydrogen-bond donors (Lipinski definition) is 0. The van der Waals surface area contributed by atoms with Gasteiger partial charge in [-0.15, -0.1) is 0 Å². The molecule has 0 aromatic rings. The van der Waals surface area contributed by atoms with Crippen LogP contribution >= 0.6 is 0 Å². The molecular formula is C6HFN4. The Morgan fingerprint density at radius 1 is 1.18 bits per heavy atom. The monoisotopic (exact) mass is 148 g/mol. The molecule has 5 heteroatoms. The number of hydrogen-bond acceptors (Lipinski definition) is 4. The van der Waals surface area contributed by atoms with Crippen molar-refractivity contribution >= 4 is 11.4 Å². The second-order valence-electron chi connectivity index (χ2n) is 1.61. The summed E-state index contributed by atoms with van der Waals surface area (Å²) in [6, 6.07) is 3.24. The molecule has 0 atom stereocenters. The van der Waals surface area contributed by atoms with Gasteiger partial charge in [-0.1, -0.05) is 0 Å². The standard InChI is InChI=1S/C6HFN4/c7-1-6-10-4(2-8)5(3-9)11-6/h1H. The molecule has 0 amide bonds. The van der Waals surface area contributed by atoms with Crippen LogP contribution in [0.2, 0.25) is 0 Å². The Bertz CT molecular complexity index is 318. The molecule has 0 bridgehead atoms. The van der Waals surface area contributed by atoms with Gasteiger partial charge in [-0.05, 0) is 0 Å². The fourth-order valence-electron chi connectivity index (χ4n) is 0.565. The van der Waals surface area contributed by atoms with Gasteiger partial charge in [0.1, 0.15) is 18.5 Å². The average molecular weight is 148 g/mol. The van der Waals surface area contributed by atoms with Gasteiger partial charge in [0.15, 0.2) is 17.2 Å². The van der Waals surface area contributed by atoms with Crippen LogP contribution in [0.1, 0.15) is 0 Å². The fraction of sp³-hybridized carbons (Fsp3) is 0. The van der Waals surface area contributed by atoms with Crippen LogP contribution in [0.3, 0.4) is 0 Å². The van der Waals surface area contributed by atoms with Gasteiger partial charge in [-0.2, -0.15) is 10.5 Å². The summed E-state index contributed by atoms with van der Waals surface area (Å²) >= 11 is 0. The molecule has 4 nitrogen and oxygen atoms in total. The summed E-state index contributed by atoms with van der Waals surface area (Å²) < 4.78 is 11.7. The van der Waals surface area contributed by atoms with Gasteiger partial charge in [0.05, 0.1) is 0 Å². The average Bonchev–Trinajstić information content (AvgIpc) is 2.46. The van der Waals surface area contributed by atoms with E-state index < -0.39 is 0 Å². The molecule has 0 radical (unpaired) electrons. The lowest BCUT2D eigenvalue weighted by Crippen LogP contribution is -2.04. The van der Waals surface area contributed by atoms with Crippen LogP contribution in [0.4, 0.5) is 4.39 Å². The van der Waals surface area contributed by atoms with E-state index in [4.69, 9.17) is 10.5 Å². The SMILES string of the molecule is N#CC1=NC(=CF)N=C1C#N. The summed E-state index contributed by atoms with van der Waals surface area (Å²) in [5.74, 6) is -0.238. The third-order valence-electron chi connectivity index (χ3n) is 0.986. The molecule has 0 spiro atoms. The number of halogens is 1. The molecule has 1 aliphatic heterocycles. The first-order chi connectivity index (χ1) is 5.31. The zero-order valence-corrected chi connectivity index (χ0v) is 5.24. The van der Waals surface area contributed by atoms with E-state index in [1.54, 1.807) is 12.1 Å². The van der Waals surface area contributed by atoms with Crippen LogP contribution in [0.5, 0.6) is 0 Å². The van der Waals surface area contributed by atoms with Crippen LogP contribution in [0.15, 0.2) is 22.1 Å². The Hall–Kier alpha value is -2.01. The van der Waals surface area contributed by atoms with E-state index in [-0.39, 0.29) is 23.6 Å². The molecule has 0 saturated heterocycles. The topological polar surface area (TPSA) is 72.3 Å². The second-order valence-corrected chi connectivity index (χ2v) is 1.61. The zero-order chi connectivity index (χ0) is 8.27. The Morgan fingerprint density at radius 3 is 1.91 bits per heavy atom. The molecule has 0 aromatic heterocycles. The normalized spacial score (nSPS) is 14.6. The fourth-order valence-corrected chi connectivity index (χ4v) is 0.565. The Kier molecular flexibility index (Phi) is 1.75. The van der Waals surface area contributed by atoms with E-state index in [2.05, 4.69) is 9.98 Å². The maximum absolute atomic E-state index is 11.7. The van der Waals surface area contributed by atoms with Crippen molar-refractivity contribution < 1.29 is 4.39 Å². The summed E-state index contributed by atoms with van der Waals surface area (Å²) in [5.41, 5.74) is -0.284. The minimum absolute atomic E-state index is 0.141. The van der Waals surface area contributed by atoms with Gasteiger partial charge in [0, 0.05) is 0 Å². The molecule has 0 N–H and O–H groups in total. The van der Waals surface area contributed by atoms with Crippen LogP contribution in [0.25, 0.3) is 0 Å². The predicted octanol–water partition coefficient (Wildman–Crippen LogP) is 0.698. The highest BCUT2D eigenvalue weighted by atomic mass is 19.1. The first-order valence-electron chi connectivity index (χ1n) is 2.60. The first kappa shape index (κ1) is 7.10. The second kappa shape index (κ2) is 2.72. The van der Waals surface area contributed by atoms with E-state index >= 15 is 0 Å². The van der Waals surface area contributed by atoms with E-state index in [1.165, 1.54) is 0 Å². The van der Waals surface area contributed by atoms with Gasteiger partial charge < -0.3 is 0 Å². The molecule has 11 heavy (non-hydrogen) atoms. The first-order valence-corrected chi connectivity index (χ1v) is 2.60. The highest BCUT2D eigenvalue weighted by Gasteiger charge is 2.15. The number of nitrogens with zero attached hydrogens (tertiary/aromatic N) is 4. The van der Waals surface area contributed by atoms with Gasteiger partial charge in [0.25, 0.3) is 0 Å². The third-order valence-corrected chi connectivity index (χ3v) is 0.986. The van der Waals surface area contributed by atoms with E-state index in [9.17, 15) is 4.39 Å². The highest BCUT2D eigenvalue weighted by molar-refractivity contribution is 6.54. The van der Waals surface area contributed by atoms with Crippen molar-refractivity contribution in [2.75, 3.05) is 0 Å². The summed E-state index contributed by atoms with van der Waals surface area (Å²) in [7, 11) is 0. The van der Waals surface area contributed by atoms with Crippen molar-refractivity contribution in [1.29, 1.82) is 10.5 Å². The summed E-state index contributed by atoms with van der Waals surface area (Å²) in [4.78, 5) is 6.79. The molecule has 0 aromatic carbocycles. The minimum Gasteiger partial charge on any atom is -0.212 e.